The van der Waals surface area contributed by atoms with Crippen molar-refractivity contribution in [2.75, 3.05) is 0 Å². The van der Waals surface area contributed by atoms with E-state index >= 15 is 0 Å². The molecule has 2 heterocycles. The molecule has 5 rings (SSSR count). The van der Waals surface area contributed by atoms with Gasteiger partial charge in [0.2, 0.25) is 5.82 Å². The third-order valence-electron chi connectivity index (χ3n) is 5.22. The van der Waals surface area contributed by atoms with Gasteiger partial charge in [0.05, 0.1) is 22.4 Å². The molecule has 35 heavy (non-hydrogen) atoms. The summed E-state index contributed by atoms with van der Waals surface area (Å²) >= 11 is 1.34. The van der Waals surface area contributed by atoms with E-state index in [1.54, 1.807) is 30.3 Å². The van der Waals surface area contributed by atoms with Gasteiger partial charge in [0, 0.05) is 22.1 Å². The number of carboxylic acid groups (broad SMARTS) is 1. The van der Waals surface area contributed by atoms with Crippen molar-refractivity contribution in [2.45, 2.75) is 6.18 Å². The normalized spacial score (nSPS) is 11.5. The number of rotatable bonds is 5. The van der Waals surface area contributed by atoms with E-state index in [2.05, 4.69) is 15.1 Å². The Bertz CT molecular complexity index is 1510. The van der Waals surface area contributed by atoms with E-state index in [-0.39, 0.29) is 11.5 Å². The van der Waals surface area contributed by atoms with Gasteiger partial charge in [-0.2, -0.15) is 18.2 Å². The van der Waals surface area contributed by atoms with Crippen LogP contribution in [0.5, 0.6) is 0 Å². The summed E-state index contributed by atoms with van der Waals surface area (Å²) in [6, 6.07) is 18.5. The van der Waals surface area contributed by atoms with Crippen LogP contribution in [0.25, 0.3) is 44.7 Å². The van der Waals surface area contributed by atoms with Crippen molar-refractivity contribution < 1.29 is 27.6 Å². The summed E-state index contributed by atoms with van der Waals surface area (Å²) in [6.45, 7) is 0. The van der Waals surface area contributed by atoms with Gasteiger partial charge in [-0.25, -0.2) is 9.78 Å². The van der Waals surface area contributed by atoms with E-state index in [1.807, 2.05) is 17.5 Å². The minimum atomic E-state index is -4.38. The zero-order valence-corrected chi connectivity index (χ0v) is 18.5. The standard InChI is InChI=1S/C25H14F3N3O3S/c26-25(27,28)17-11-9-16(10-12-17)23-29-20(13-35-23)14-5-7-15(8-6-14)21-30-22(34-31-21)18-3-1-2-4-19(18)24(32)33/h1-13H,(H,32,33). The molecule has 0 saturated heterocycles. The lowest BCUT2D eigenvalue weighted by atomic mass is 10.1. The van der Waals surface area contributed by atoms with Crippen molar-refractivity contribution in [2.24, 2.45) is 0 Å². The van der Waals surface area contributed by atoms with Crippen LogP contribution in [0.15, 0.2) is 82.7 Å². The molecular formula is C25H14F3N3O3S. The van der Waals surface area contributed by atoms with Crippen molar-refractivity contribution in [3.05, 3.63) is 89.3 Å². The molecule has 0 bridgehead atoms. The predicted molar refractivity (Wildman–Crippen MR) is 124 cm³/mol. The number of hydrogen-bond acceptors (Lipinski definition) is 6. The van der Waals surface area contributed by atoms with Crippen LogP contribution in [0.3, 0.4) is 0 Å². The lowest BCUT2D eigenvalue weighted by molar-refractivity contribution is -0.137. The Balaban J connectivity index is 1.36. The maximum absolute atomic E-state index is 12.8. The molecule has 6 nitrogen and oxygen atoms in total. The minimum Gasteiger partial charge on any atom is -0.478 e. The predicted octanol–water partition coefficient (Wildman–Crippen LogP) is 6.91. The maximum Gasteiger partial charge on any atom is 0.416 e. The summed E-state index contributed by atoms with van der Waals surface area (Å²) in [6.07, 6.45) is -4.38. The van der Waals surface area contributed by atoms with Crippen molar-refractivity contribution in [1.29, 1.82) is 0 Å². The number of benzene rings is 3. The Hall–Kier alpha value is -4.31. The summed E-state index contributed by atoms with van der Waals surface area (Å²) in [4.78, 5) is 20.3. The molecule has 1 N–H and O–H groups in total. The Morgan fingerprint density at radius 2 is 1.51 bits per heavy atom. The van der Waals surface area contributed by atoms with Gasteiger partial charge in [-0.15, -0.1) is 11.3 Å². The molecule has 0 amide bonds. The third-order valence-corrected chi connectivity index (χ3v) is 6.11. The molecule has 5 aromatic rings. The highest BCUT2D eigenvalue weighted by Crippen LogP contribution is 2.34. The molecule has 10 heteroatoms. The zero-order chi connectivity index (χ0) is 24.6. The van der Waals surface area contributed by atoms with Crippen molar-refractivity contribution in [1.82, 2.24) is 15.1 Å². The summed E-state index contributed by atoms with van der Waals surface area (Å²) in [7, 11) is 0. The second kappa shape index (κ2) is 8.80. The monoisotopic (exact) mass is 493 g/mol. The summed E-state index contributed by atoms with van der Waals surface area (Å²) in [5, 5.41) is 15.8. The van der Waals surface area contributed by atoms with E-state index in [9.17, 15) is 23.1 Å². The average molecular weight is 493 g/mol. The van der Waals surface area contributed by atoms with E-state index in [1.165, 1.54) is 29.5 Å². The number of thiazole rings is 1. The Morgan fingerprint density at radius 1 is 0.857 bits per heavy atom. The first-order chi connectivity index (χ1) is 16.8. The number of nitrogens with zero attached hydrogens (tertiary/aromatic N) is 3. The van der Waals surface area contributed by atoms with E-state index in [0.29, 0.717) is 33.2 Å². The van der Waals surface area contributed by atoms with Gasteiger partial charge in [-0.3, -0.25) is 0 Å². The quantitative estimate of drug-likeness (QED) is 0.286. The first kappa shape index (κ1) is 22.5. The van der Waals surface area contributed by atoms with Gasteiger partial charge >= 0.3 is 12.1 Å². The fourth-order valence-electron chi connectivity index (χ4n) is 3.44. The molecule has 2 aromatic heterocycles. The average Bonchev–Trinajstić information content (AvgIpc) is 3.54. The molecule has 174 valence electrons. The fourth-order valence-corrected chi connectivity index (χ4v) is 4.27. The molecule has 0 radical (unpaired) electrons. The molecule has 0 unspecified atom stereocenters. The van der Waals surface area contributed by atoms with Gasteiger partial charge < -0.3 is 9.63 Å². The fraction of sp³-hybridized carbons (Fsp3) is 0.0400. The smallest absolute Gasteiger partial charge is 0.416 e. The number of hydrogen-bond donors (Lipinski definition) is 1. The Kier molecular flexibility index (Phi) is 5.65. The number of carboxylic acids is 1. The molecule has 0 aliphatic carbocycles. The summed E-state index contributed by atoms with van der Waals surface area (Å²) < 4.78 is 43.7. The number of carbonyl (C=O) groups is 1. The second-order valence-electron chi connectivity index (χ2n) is 7.46. The first-order valence-electron chi connectivity index (χ1n) is 10.2. The molecule has 0 aliphatic rings. The molecule has 0 aliphatic heterocycles. The van der Waals surface area contributed by atoms with Crippen molar-refractivity contribution >= 4 is 17.3 Å². The molecule has 0 atom stereocenters. The van der Waals surface area contributed by atoms with Gasteiger partial charge in [0.25, 0.3) is 5.89 Å². The Labute approximate surface area is 200 Å². The first-order valence-corrected chi connectivity index (χ1v) is 11.1. The van der Waals surface area contributed by atoms with E-state index in [4.69, 9.17) is 4.52 Å². The number of halogens is 3. The maximum atomic E-state index is 12.8. The lowest BCUT2D eigenvalue weighted by Gasteiger charge is -2.06. The highest BCUT2D eigenvalue weighted by atomic mass is 32.1. The highest BCUT2D eigenvalue weighted by molar-refractivity contribution is 7.13. The van der Waals surface area contributed by atoms with Gasteiger partial charge in [-0.1, -0.05) is 53.7 Å². The second-order valence-corrected chi connectivity index (χ2v) is 8.32. The van der Waals surface area contributed by atoms with Crippen LogP contribution < -0.4 is 0 Å². The number of alkyl halides is 3. The molecule has 0 spiro atoms. The van der Waals surface area contributed by atoms with Gasteiger partial charge in [0.1, 0.15) is 5.01 Å². The lowest BCUT2D eigenvalue weighted by Crippen LogP contribution is -2.03. The Morgan fingerprint density at radius 3 is 2.20 bits per heavy atom. The van der Waals surface area contributed by atoms with Crippen LogP contribution in [-0.4, -0.2) is 26.2 Å². The van der Waals surface area contributed by atoms with E-state index in [0.717, 1.165) is 17.7 Å². The van der Waals surface area contributed by atoms with Crippen LogP contribution in [0.1, 0.15) is 15.9 Å². The zero-order valence-electron chi connectivity index (χ0n) is 17.7. The highest BCUT2D eigenvalue weighted by Gasteiger charge is 2.30. The molecule has 0 fully saturated rings. The largest absolute Gasteiger partial charge is 0.478 e. The SMILES string of the molecule is O=C(O)c1ccccc1-c1nc(-c2ccc(-c3csc(-c4ccc(C(F)(F)F)cc4)n3)cc2)no1. The third kappa shape index (κ3) is 4.56. The topological polar surface area (TPSA) is 89.1 Å². The van der Waals surface area contributed by atoms with Gasteiger partial charge in [-0.05, 0) is 24.3 Å². The van der Waals surface area contributed by atoms with Crippen LogP contribution in [0.4, 0.5) is 13.2 Å². The van der Waals surface area contributed by atoms with Crippen LogP contribution in [0.2, 0.25) is 0 Å². The van der Waals surface area contributed by atoms with Crippen molar-refractivity contribution in [3.8, 4) is 44.7 Å². The minimum absolute atomic E-state index is 0.0606. The van der Waals surface area contributed by atoms with Crippen LogP contribution >= 0.6 is 11.3 Å². The number of aromatic nitrogens is 3. The molecule has 0 saturated carbocycles. The summed E-state index contributed by atoms with van der Waals surface area (Å²) in [5.74, 6) is -0.693. The van der Waals surface area contributed by atoms with Crippen LogP contribution in [-0.2, 0) is 6.18 Å². The van der Waals surface area contributed by atoms with E-state index < -0.39 is 17.7 Å². The molecule has 3 aromatic carbocycles. The van der Waals surface area contributed by atoms with Gasteiger partial charge in [0.15, 0.2) is 0 Å². The summed E-state index contributed by atoms with van der Waals surface area (Å²) in [5.41, 5.74) is 2.44. The molecular weight excluding hydrogens is 479 g/mol. The number of aromatic carboxylic acids is 1. The van der Waals surface area contributed by atoms with Crippen LogP contribution in [0, 0.1) is 0 Å². The van der Waals surface area contributed by atoms with Crippen molar-refractivity contribution in [3.63, 3.8) is 0 Å².